The van der Waals surface area contributed by atoms with Crippen LogP contribution in [0.15, 0.2) is 30.4 Å². The molecule has 0 aliphatic rings. The van der Waals surface area contributed by atoms with Crippen LogP contribution in [-0.4, -0.2) is 46.3 Å². The van der Waals surface area contributed by atoms with Gasteiger partial charge in [-0.05, 0) is 25.1 Å². The molecule has 0 spiro atoms. The Hall–Kier alpha value is -2.83. The molecule has 1 rings (SSSR count). The highest BCUT2D eigenvalue weighted by atomic mass is 16.4. The summed E-state index contributed by atoms with van der Waals surface area (Å²) in [4.78, 5) is 34.6. The molecule has 0 atom stereocenters. The minimum absolute atomic E-state index is 0.115. The number of anilines is 1. The molecule has 1 aromatic carbocycles. The normalized spacial score (nSPS) is 10.0. The summed E-state index contributed by atoms with van der Waals surface area (Å²) in [6, 6.07) is 3.70. The van der Waals surface area contributed by atoms with Gasteiger partial charge in [0.2, 0.25) is 0 Å². The molecule has 0 saturated carbocycles. The Labute approximate surface area is 127 Å². The quantitative estimate of drug-likeness (QED) is 0.628. The molecule has 7 nitrogen and oxygen atoms in total. The van der Waals surface area contributed by atoms with Gasteiger partial charge in [0.15, 0.2) is 0 Å². The van der Waals surface area contributed by atoms with E-state index < -0.39 is 17.9 Å². The zero-order valence-corrected chi connectivity index (χ0v) is 12.1. The van der Waals surface area contributed by atoms with Gasteiger partial charge in [0, 0.05) is 18.8 Å². The van der Waals surface area contributed by atoms with Crippen molar-refractivity contribution in [1.29, 1.82) is 0 Å². The van der Waals surface area contributed by atoms with Crippen molar-refractivity contribution in [3.8, 4) is 0 Å². The lowest BCUT2D eigenvalue weighted by atomic mass is 10.1. The summed E-state index contributed by atoms with van der Waals surface area (Å²) < 4.78 is 0. The third-order valence-electron chi connectivity index (χ3n) is 2.83. The van der Waals surface area contributed by atoms with Crippen molar-refractivity contribution in [2.45, 2.75) is 13.3 Å². The second-order valence-electron chi connectivity index (χ2n) is 4.90. The highest BCUT2D eigenvalue weighted by Gasteiger charge is 2.16. The van der Waals surface area contributed by atoms with Crippen molar-refractivity contribution >= 4 is 23.6 Å². The van der Waals surface area contributed by atoms with Crippen molar-refractivity contribution in [2.75, 3.05) is 18.0 Å². The van der Waals surface area contributed by atoms with E-state index in [1.54, 1.807) is 11.8 Å². The van der Waals surface area contributed by atoms with Gasteiger partial charge in [-0.3, -0.25) is 4.79 Å². The summed E-state index contributed by atoms with van der Waals surface area (Å²) in [5.41, 5.74) is 0.735. The van der Waals surface area contributed by atoms with Gasteiger partial charge in [0.1, 0.15) is 0 Å². The maximum Gasteiger partial charge on any atom is 0.335 e. The SMILES string of the molecule is C=C(C)CN(CCC(=O)O)c1cc(C(=O)O)cc(C(=O)O)c1. The van der Waals surface area contributed by atoms with Crippen molar-refractivity contribution in [1.82, 2.24) is 0 Å². The predicted molar refractivity (Wildman–Crippen MR) is 79.6 cm³/mol. The molecule has 1 aromatic rings. The Kier molecular flexibility index (Phi) is 5.68. The lowest BCUT2D eigenvalue weighted by molar-refractivity contribution is -0.136. The molecule has 0 aliphatic carbocycles. The highest BCUT2D eigenvalue weighted by Crippen LogP contribution is 2.21. The summed E-state index contributed by atoms with van der Waals surface area (Å²) in [5.74, 6) is -3.50. The number of nitrogens with zero attached hydrogens (tertiary/aromatic N) is 1. The van der Waals surface area contributed by atoms with Crippen molar-refractivity contribution in [3.05, 3.63) is 41.5 Å². The van der Waals surface area contributed by atoms with Crippen molar-refractivity contribution < 1.29 is 29.7 Å². The number of hydrogen-bond donors (Lipinski definition) is 3. The largest absolute Gasteiger partial charge is 0.481 e. The van der Waals surface area contributed by atoms with Crippen LogP contribution in [0.25, 0.3) is 0 Å². The molecule has 0 amide bonds. The maximum atomic E-state index is 11.1. The van der Waals surface area contributed by atoms with E-state index in [-0.39, 0.29) is 24.1 Å². The molecule has 7 heteroatoms. The van der Waals surface area contributed by atoms with Gasteiger partial charge in [-0.25, -0.2) is 9.59 Å². The molecular formula is C15H17NO6. The minimum atomic E-state index is -1.25. The third kappa shape index (κ3) is 4.93. The van der Waals surface area contributed by atoms with Gasteiger partial charge >= 0.3 is 17.9 Å². The molecule has 0 unspecified atom stereocenters. The number of aliphatic carboxylic acids is 1. The Morgan fingerprint density at radius 3 is 1.91 bits per heavy atom. The fraction of sp³-hybridized carbons (Fsp3) is 0.267. The first-order valence-corrected chi connectivity index (χ1v) is 6.43. The number of hydrogen-bond acceptors (Lipinski definition) is 4. The van der Waals surface area contributed by atoms with E-state index in [9.17, 15) is 14.4 Å². The van der Waals surface area contributed by atoms with Crippen LogP contribution in [-0.2, 0) is 4.79 Å². The van der Waals surface area contributed by atoms with Crippen molar-refractivity contribution in [3.63, 3.8) is 0 Å². The zero-order valence-electron chi connectivity index (χ0n) is 12.1. The molecule has 118 valence electrons. The minimum Gasteiger partial charge on any atom is -0.481 e. The first kappa shape index (κ1) is 17.2. The average Bonchev–Trinajstić information content (AvgIpc) is 2.42. The highest BCUT2D eigenvalue weighted by molar-refractivity contribution is 5.95. The Morgan fingerprint density at radius 2 is 1.55 bits per heavy atom. The second kappa shape index (κ2) is 7.26. The maximum absolute atomic E-state index is 11.1. The summed E-state index contributed by atoms with van der Waals surface area (Å²) in [6.07, 6.45) is -0.160. The van der Waals surface area contributed by atoms with E-state index in [4.69, 9.17) is 15.3 Å². The zero-order chi connectivity index (χ0) is 16.9. The molecule has 0 fully saturated rings. The standard InChI is InChI=1S/C15H17NO6/c1-9(2)8-16(4-3-13(17)18)12-6-10(14(19)20)5-11(7-12)15(21)22/h5-7H,1,3-4,8H2,2H3,(H,17,18)(H,19,20)(H,21,22). The predicted octanol–water partition coefficient (Wildman–Crippen LogP) is 1.94. The van der Waals surface area contributed by atoms with Crippen LogP contribution in [0.1, 0.15) is 34.1 Å². The molecule has 0 aliphatic heterocycles. The Balaban J connectivity index is 3.25. The van der Waals surface area contributed by atoms with E-state index >= 15 is 0 Å². The molecule has 0 bridgehead atoms. The summed E-state index contributed by atoms with van der Waals surface area (Å²) in [5, 5.41) is 26.9. The van der Waals surface area contributed by atoms with Crippen LogP contribution in [0.4, 0.5) is 5.69 Å². The monoisotopic (exact) mass is 307 g/mol. The van der Waals surface area contributed by atoms with Crippen LogP contribution in [0.3, 0.4) is 0 Å². The van der Waals surface area contributed by atoms with Gasteiger partial charge in [-0.2, -0.15) is 0 Å². The summed E-state index contributed by atoms with van der Waals surface area (Å²) >= 11 is 0. The average molecular weight is 307 g/mol. The first-order valence-electron chi connectivity index (χ1n) is 6.43. The number of aromatic carboxylic acids is 2. The van der Waals surface area contributed by atoms with Gasteiger partial charge in [0.25, 0.3) is 0 Å². The van der Waals surface area contributed by atoms with E-state index in [0.29, 0.717) is 12.2 Å². The molecule has 0 saturated heterocycles. The first-order chi connectivity index (χ1) is 10.2. The number of carboxylic acids is 3. The van der Waals surface area contributed by atoms with Crippen LogP contribution in [0, 0.1) is 0 Å². The smallest absolute Gasteiger partial charge is 0.335 e. The van der Waals surface area contributed by atoms with Gasteiger partial charge in [-0.15, -0.1) is 0 Å². The summed E-state index contributed by atoms with van der Waals surface area (Å²) in [7, 11) is 0. The van der Waals surface area contributed by atoms with Crippen molar-refractivity contribution in [2.24, 2.45) is 0 Å². The van der Waals surface area contributed by atoms with Crippen LogP contribution < -0.4 is 4.90 Å². The second-order valence-corrected chi connectivity index (χ2v) is 4.90. The van der Waals surface area contributed by atoms with Gasteiger partial charge in [0.05, 0.1) is 17.5 Å². The number of carboxylic acid groups (broad SMARTS) is 3. The number of benzene rings is 1. The third-order valence-corrected chi connectivity index (χ3v) is 2.83. The van der Waals surface area contributed by atoms with E-state index in [2.05, 4.69) is 6.58 Å². The molecule has 22 heavy (non-hydrogen) atoms. The fourth-order valence-electron chi connectivity index (χ4n) is 1.90. The van der Waals surface area contributed by atoms with Gasteiger partial charge < -0.3 is 20.2 Å². The summed E-state index contributed by atoms with van der Waals surface area (Å²) in [6.45, 7) is 5.90. The van der Waals surface area contributed by atoms with Crippen LogP contribution in [0.2, 0.25) is 0 Å². The molecule has 0 heterocycles. The van der Waals surface area contributed by atoms with E-state index in [1.165, 1.54) is 12.1 Å². The molecule has 0 radical (unpaired) electrons. The Morgan fingerprint density at radius 1 is 1.05 bits per heavy atom. The molecule has 3 N–H and O–H groups in total. The van der Waals surface area contributed by atoms with Crippen LogP contribution >= 0.6 is 0 Å². The Bertz CT molecular complexity index is 590. The van der Waals surface area contributed by atoms with Crippen LogP contribution in [0.5, 0.6) is 0 Å². The van der Waals surface area contributed by atoms with E-state index in [0.717, 1.165) is 11.6 Å². The number of rotatable bonds is 8. The van der Waals surface area contributed by atoms with Gasteiger partial charge in [-0.1, -0.05) is 12.2 Å². The lowest BCUT2D eigenvalue weighted by Crippen LogP contribution is -2.28. The molecular weight excluding hydrogens is 290 g/mol. The molecule has 0 aromatic heterocycles. The van der Waals surface area contributed by atoms with E-state index in [1.807, 2.05) is 0 Å². The number of carbonyl (C=O) groups is 3. The topological polar surface area (TPSA) is 115 Å². The lowest BCUT2D eigenvalue weighted by Gasteiger charge is -2.25. The fourth-order valence-corrected chi connectivity index (χ4v) is 1.90.